The molecule has 3 N–H and O–H groups in total. The van der Waals surface area contributed by atoms with E-state index >= 15 is 0 Å². The predicted octanol–water partition coefficient (Wildman–Crippen LogP) is 1.20. The molecule has 0 bridgehead atoms. The SMILES string of the molecule is Cl.N=C(N)c1cncc(C(F)(F)F)n1. The van der Waals surface area contributed by atoms with Gasteiger partial charge < -0.3 is 5.73 Å². The lowest BCUT2D eigenvalue weighted by Crippen LogP contribution is -2.17. The Morgan fingerprint density at radius 2 is 1.93 bits per heavy atom. The Morgan fingerprint density at radius 1 is 1.36 bits per heavy atom. The molecule has 0 atom stereocenters. The zero-order valence-electron chi connectivity index (χ0n) is 6.67. The van der Waals surface area contributed by atoms with Gasteiger partial charge in [0.1, 0.15) is 11.5 Å². The minimum absolute atomic E-state index is 0. The van der Waals surface area contributed by atoms with Crippen molar-refractivity contribution in [1.82, 2.24) is 9.97 Å². The molecule has 0 aliphatic rings. The van der Waals surface area contributed by atoms with Crippen molar-refractivity contribution >= 4 is 18.2 Å². The highest BCUT2D eigenvalue weighted by Gasteiger charge is 2.33. The molecule has 0 unspecified atom stereocenters. The van der Waals surface area contributed by atoms with Gasteiger partial charge in [-0.15, -0.1) is 12.4 Å². The number of alkyl halides is 3. The van der Waals surface area contributed by atoms with Gasteiger partial charge in [0.05, 0.1) is 12.4 Å². The van der Waals surface area contributed by atoms with Gasteiger partial charge in [-0.3, -0.25) is 10.4 Å². The van der Waals surface area contributed by atoms with Gasteiger partial charge in [-0.1, -0.05) is 0 Å². The second-order valence-corrected chi connectivity index (χ2v) is 2.20. The Balaban J connectivity index is 0.00000169. The van der Waals surface area contributed by atoms with Crippen LogP contribution in [-0.2, 0) is 6.18 Å². The van der Waals surface area contributed by atoms with Crippen LogP contribution in [0.1, 0.15) is 11.4 Å². The Morgan fingerprint density at radius 3 is 2.36 bits per heavy atom. The molecule has 0 saturated heterocycles. The molecule has 4 nitrogen and oxygen atoms in total. The van der Waals surface area contributed by atoms with E-state index in [1.807, 2.05) is 0 Å². The minimum atomic E-state index is -4.56. The third kappa shape index (κ3) is 2.84. The van der Waals surface area contributed by atoms with Crippen LogP contribution in [0.4, 0.5) is 13.2 Å². The van der Waals surface area contributed by atoms with E-state index in [4.69, 9.17) is 11.1 Å². The molecule has 1 heterocycles. The first kappa shape index (κ1) is 12.6. The Kier molecular flexibility index (Phi) is 3.81. The Labute approximate surface area is 83.3 Å². The van der Waals surface area contributed by atoms with Crippen molar-refractivity contribution in [3.63, 3.8) is 0 Å². The van der Waals surface area contributed by atoms with E-state index in [0.717, 1.165) is 6.20 Å². The normalized spacial score (nSPS) is 10.5. The van der Waals surface area contributed by atoms with Crippen molar-refractivity contribution in [2.75, 3.05) is 0 Å². The van der Waals surface area contributed by atoms with Gasteiger partial charge in [-0.2, -0.15) is 13.2 Å². The topological polar surface area (TPSA) is 75.7 Å². The molecule has 0 spiro atoms. The average Bonchev–Trinajstić information content (AvgIpc) is 2.03. The molecule has 1 aromatic heterocycles. The van der Waals surface area contributed by atoms with Crippen LogP contribution >= 0.6 is 12.4 Å². The second-order valence-electron chi connectivity index (χ2n) is 2.20. The van der Waals surface area contributed by atoms with Gasteiger partial charge in [-0.25, -0.2) is 4.98 Å². The van der Waals surface area contributed by atoms with E-state index in [9.17, 15) is 13.2 Å². The summed E-state index contributed by atoms with van der Waals surface area (Å²) in [5.74, 6) is -0.543. The predicted molar refractivity (Wildman–Crippen MR) is 45.3 cm³/mol. The van der Waals surface area contributed by atoms with E-state index in [1.165, 1.54) is 0 Å². The number of hydrogen-bond acceptors (Lipinski definition) is 3. The van der Waals surface area contributed by atoms with Gasteiger partial charge in [-0.05, 0) is 0 Å². The fourth-order valence-electron chi connectivity index (χ4n) is 0.632. The number of aromatic nitrogens is 2. The van der Waals surface area contributed by atoms with E-state index in [0.29, 0.717) is 6.20 Å². The van der Waals surface area contributed by atoms with Crippen LogP contribution in [0.5, 0.6) is 0 Å². The molecule has 0 fully saturated rings. The van der Waals surface area contributed by atoms with Crippen molar-refractivity contribution in [3.05, 3.63) is 23.8 Å². The molecule has 14 heavy (non-hydrogen) atoms. The molecular weight excluding hydrogens is 221 g/mol. The Hall–Kier alpha value is -1.37. The van der Waals surface area contributed by atoms with Crippen molar-refractivity contribution < 1.29 is 13.2 Å². The summed E-state index contributed by atoms with van der Waals surface area (Å²) in [5.41, 5.74) is 3.50. The molecule has 78 valence electrons. The van der Waals surface area contributed by atoms with E-state index in [1.54, 1.807) is 0 Å². The molecule has 1 rings (SSSR count). The van der Waals surface area contributed by atoms with E-state index in [2.05, 4.69) is 9.97 Å². The number of nitrogens with zero attached hydrogens (tertiary/aromatic N) is 2. The summed E-state index contributed by atoms with van der Waals surface area (Å²) in [5, 5.41) is 6.84. The molecular formula is C6H6ClF3N4. The first-order chi connectivity index (χ1) is 5.91. The Bertz CT molecular complexity index is 338. The fourth-order valence-corrected chi connectivity index (χ4v) is 0.632. The zero-order valence-corrected chi connectivity index (χ0v) is 7.49. The van der Waals surface area contributed by atoms with Crippen LogP contribution in [0, 0.1) is 5.41 Å². The van der Waals surface area contributed by atoms with Crippen molar-refractivity contribution in [3.8, 4) is 0 Å². The van der Waals surface area contributed by atoms with Crippen LogP contribution in [0.15, 0.2) is 12.4 Å². The highest BCUT2D eigenvalue weighted by molar-refractivity contribution is 5.92. The lowest BCUT2D eigenvalue weighted by Gasteiger charge is -2.05. The first-order valence-corrected chi connectivity index (χ1v) is 3.15. The summed E-state index contributed by atoms with van der Waals surface area (Å²) >= 11 is 0. The molecule has 0 saturated carbocycles. The third-order valence-corrected chi connectivity index (χ3v) is 1.20. The quantitative estimate of drug-likeness (QED) is 0.558. The third-order valence-electron chi connectivity index (χ3n) is 1.20. The molecule has 8 heteroatoms. The molecule has 0 amide bonds. The summed E-state index contributed by atoms with van der Waals surface area (Å²) < 4.78 is 36.1. The van der Waals surface area contributed by atoms with Crippen LogP contribution < -0.4 is 5.73 Å². The van der Waals surface area contributed by atoms with Gasteiger partial charge in [0.25, 0.3) is 0 Å². The zero-order chi connectivity index (χ0) is 10.1. The van der Waals surface area contributed by atoms with E-state index < -0.39 is 17.7 Å². The highest BCUT2D eigenvalue weighted by Crippen LogP contribution is 2.26. The smallest absolute Gasteiger partial charge is 0.382 e. The molecule has 1 aromatic rings. The fraction of sp³-hybridized carbons (Fsp3) is 0.167. The van der Waals surface area contributed by atoms with Gasteiger partial charge in [0.2, 0.25) is 0 Å². The number of halogens is 4. The largest absolute Gasteiger partial charge is 0.434 e. The second kappa shape index (κ2) is 4.23. The van der Waals surface area contributed by atoms with Crippen LogP contribution in [-0.4, -0.2) is 15.8 Å². The van der Waals surface area contributed by atoms with E-state index in [-0.39, 0.29) is 18.1 Å². The summed E-state index contributed by atoms with van der Waals surface area (Å²) in [6, 6.07) is 0. The van der Waals surface area contributed by atoms with Gasteiger partial charge in [0, 0.05) is 0 Å². The lowest BCUT2D eigenvalue weighted by atomic mass is 10.4. The standard InChI is InChI=1S/C6H5F3N4.ClH/c7-6(8,9)4-2-12-1-3(13-4)5(10)11;/h1-2H,(H3,10,11);1H. The lowest BCUT2D eigenvalue weighted by molar-refractivity contribution is -0.141. The van der Waals surface area contributed by atoms with Crippen molar-refractivity contribution in [2.45, 2.75) is 6.18 Å². The summed E-state index contributed by atoms with van der Waals surface area (Å²) in [6.07, 6.45) is -2.98. The molecule has 0 aliphatic heterocycles. The number of rotatable bonds is 1. The minimum Gasteiger partial charge on any atom is -0.382 e. The molecule has 0 aromatic carbocycles. The molecule has 0 radical (unpaired) electrons. The van der Waals surface area contributed by atoms with Crippen LogP contribution in [0.3, 0.4) is 0 Å². The number of hydrogen-bond donors (Lipinski definition) is 2. The number of nitrogen functional groups attached to an aromatic ring is 1. The number of amidine groups is 1. The summed E-state index contributed by atoms with van der Waals surface area (Å²) in [7, 11) is 0. The summed E-state index contributed by atoms with van der Waals surface area (Å²) in [6.45, 7) is 0. The first-order valence-electron chi connectivity index (χ1n) is 3.15. The van der Waals surface area contributed by atoms with Crippen molar-refractivity contribution in [2.24, 2.45) is 5.73 Å². The van der Waals surface area contributed by atoms with Crippen LogP contribution in [0.25, 0.3) is 0 Å². The maximum Gasteiger partial charge on any atom is 0.434 e. The monoisotopic (exact) mass is 226 g/mol. The van der Waals surface area contributed by atoms with Crippen molar-refractivity contribution in [1.29, 1.82) is 5.41 Å². The summed E-state index contributed by atoms with van der Waals surface area (Å²) in [4.78, 5) is 6.38. The van der Waals surface area contributed by atoms with Gasteiger partial charge in [0.15, 0.2) is 5.69 Å². The number of nitrogens with one attached hydrogen (secondary N) is 1. The maximum atomic E-state index is 12.0. The highest BCUT2D eigenvalue weighted by atomic mass is 35.5. The van der Waals surface area contributed by atoms with Crippen LogP contribution in [0.2, 0.25) is 0 Å². The molecule has 0 aliphatic carbocycles. The number of nitrogens with two attached hydrogens (primary N) is 1. The average molecular weight is 227 g/mol. The maximum absolute atomic E-state index is 12.0. The van der Waals surface area contributed by atoms with Gasteiger partial charge >= 0.3 is 6.18 Å².